The molecule has 1 atom stereocenters. The first kappa shape index (κ1) is 14.9. The molecule has 0 spiro atoms. The Morgan fingerprint density at radius 3 is 2.75 bits per heavy atom. The monoisotopic (exact) mass is 293 g/mol. The van der Waals surface area contributed by atoms with E-state index in [4.69, 9.17) is 11.6 Å². The molecule has 0 fully saturated rings. The molecule has 1 unspecified atom stereocenters. The Morgan fingerprint density at radius 1 is 1.40 bits per heavy atom. The predicted molar refractivity (Wildman–Crippen MR) is 79.7 cm³/mol. The van der Waals surface area contributed by atoms with Gasteiger partial charge >= 0.3 is 0 Å². The number of hydrogen-bond donors (Lipinski definition) is 1. The molecule has 2 heterocycles. The molecule has 0 saturated carbocycles. The van der Waals surface area contributed by atoms with Crippen molar-refractivity contribution >= 4 is 11.6 Å². The summed E-state index contributed by atoms with van der Waals surface area (Å²) >= 11 is 6.32. The molecular formula is C14H20ClN5. The molecule has 0 amide bonds. The van der Waals surface area contributed by atoms with E-state index in [-0.39, 0.29) is 6.04 Å². The van der Waals surface area contributed by atoms with E-state index in [1.54, 1.807) is 17.1 Å². The van der Waals surface area contributed by atoms with Crippen LogP contribution >= 0.6 is 11.6 Å². The fourth-order valence-electron chi connectivity index (χ4n) is 2.24. The molecule has 0 bridgehead atoms. The quantitative estimate of drug-likeness (QED) is 0.889. The summed E-state index contributed by atoms with van der Waals surface area (Å²) in [4.78, 5) is 0. The van der Waals surface area contributed by atoms with Crippen LogP contribution in [0.2, 0.25) is 5.15 Å². The fourth-order valence-corrected chi connectivity index (χ4v) is 2.50. The third kappa shape index (κ3) is 3.35. The summed E-state index contributed by atoms with van der Waals surface area (Å²) in [6, 6.07) is 2.16. The Bertz CT molecular complexity index is 552. The van der Waals surface area contributed by atoms with Gasteiger partial charge in [-0.3, -0.25) is 4.68 Å². The zero-order chi connectivity index (χ0) is 14.5. The zero-order valence-electron chi connectivity index (χ0n) is 12.1. The molecule has 0 aliphatic carbocycles. The van der Waals surface area contributed by atoms with Gasteiger partial charge in [-0.25, -0.2) is 0 Å². The lowest BCUT2D eigenvalue weighted by Gasteiger charge is -2.18. The van der Waals surface area contributed by atoms with Crippen molar-refractivity contribution in [3.63, 3.8) is 0 Å². The first-order chi connectivity index (χ1) is 9.63. The van der Waals surface area contributed by atoms with Crippen LogP contribution in [-0.4, -0.2) is 26.5 Å². The molecule has 0 radical (unpaired) electrons. The van der Waals surface area contributed by atoms with Crippen LogP contribution in [0.5, 0.6) is 0 Å². The maximum Gasteiger partial charge on any atom is 0.130 e. The highest BCUT2D eigenvalue weighted by Crippen LogP contribution is 2.25. The number of nitrogens with zero attached hydrogens (tertiary/aromatic N) is 4. The molecule has 20 heavy (non-hydrogen) atoms. The number of halogens is 1. The molecule has 1 N–H and O–H groups in total. The smallest absolute Gasteiger partial charge is 0.130 e. The Labute approximate surface area is 124 Å². The molecule has 0 aliphatic heterocycles. The SMILES string of the molecule is CCCNC(Cc1c(C)nn(C)c1Cl)c1ccnnc1. The topological polar surface area (TPSA) is 55.6 Å². The van der Waals surface area contributed by atoms with Crippen LogP contribution < -0.4 is 5.32 Å². The van der Waals surface area contributed by atoms with Crippen molar-refractivity contribution in [2.75, 3.05) is 6.54 Å². The molecule has 0 aliphatic rings. The van der Waals surface area contributed by atoms with E-state index in [2.05, 4.69) is 27.5 Å². The van der Waals surface area contributed by atoms with Crippen LogP contribution in [0.1, 0.15) is 36.2 Å². The van der Waals surface area contributed by atoms with Crippen molar-refractivity contribution in [3.8, 4) is 0 Å². The van der Waals surface area contributed by atoms with Crippen LogP contribution in [0.3, 0.4) is 0 Å². The first-order valence-corrected chi connectivity index (χ1v) is 7.19. The van der Waals surface area contributed by atoms with Crippen LogP contribution in [0.25, 0.3) is 0 Å². The second-order valence-corrected chi connectivity index (χ2v) is 5.22. The van der Waals surface area contributed by atoms with Gasteiger partial charge in [0.1, 0.15) is 5.15 Å². The average molecular weight is 294 g/mol. The van der Waals surface area contributed by atoms with Crippen molar-refractivity contribution in [1.29, 1.82) is 0 Å². The molecule has 6 heteroatoms. The number of aromatic nitrogens is 4. The summed E-state index contributed by atoms with van der Waals surface area (Å²) in [5.74, 6) is 0. The molecule has 0 saturated heterocycles. The van der Waals surface area contributed by atoms with Gasteiger partial charge in [0.25, 0.3) is 0 Å². The van der Waals surface area contributed by atoms with E-state index in [1.807, 2.05) is 20.0 Å². The fraction of sp³-hybridized carbons (Fsp3) is 0.500. The molecule has 0 aromatic carbocycles. The average Bonchev–Trinajstić information content (AvgIpc) is 2.70. The van der Waals surface area contributed by atoms with E-state index in [0.717, 1.165) is 36.2 Å². The lowest BCUT2D eigenvalue weighted by molar-refractivity contribution is 0.526. The lowest BCUT2D eigenvalue weighted by Crippen LogP contribution is -2.24. The summed E-state index contributed by atoms with van der Waals surface area (Å²) in [5.41, 5.74) is 3.18. The second-order valence-electron chi connectivity index (χ2n) is 4.86. The van der Waals surface area contributed by atoms with Gasteiger partial charge in [0, 0.05) is 24.8 Å². The minimum Gasteiger partial charge on any atom is -0.310 e. The van der Waals surface area contributed by atoms with Crippen molar-refractivity contribution in [3.05, 3.63) is 40.4 Å². The third-order valence-electron chi connectivity index (χ3n) is 3.33. The Hall–Kier alpha value is -1.46. The largest absolute Gasteiger partial charge is 0.310 e. The van der Waals surface area contributed by atoms with Gasteiger partial charge in [0.15, 0.2) is 0 Å². The Balaban J connectivity index is 2.24. The zero-order valence-corrected chi connectivity index (χ0v) is 12.9. The molecule has 2 aromatic heterocycles. The van der Waals surface area contributed by atoms with E-state index in [1.165, 1.54) is 0 Å². The lowest BCUT2D eigenvalue weighted by atomic mass is 10.0. The van der Waals surface area contributed by atoms with Crippen LogP contribution in [-0.2, 0) is 13.5 Å². The maximum atomic E-state index is 6.32. The van der Waals surface area contributed by atoms with Gasteiger partial charge in [0.05, 0.1) is 11.9 Å². The van der Waals surface area contributed by atoms with Crippen molar-refractivity contribution in [1.82, 2.24) is 25.3 Å². The summed E-state index contributed by atoms with van der Waals surface area (Å²) in [6.07, 6.45) is 5.39. The van der Waals surface area contributed by atoms with Crippen molar-refractivity contribution in [2.24, 2.45) is 7.05 Å². The minimum atomic E-state index is 0.172. The number of hydrogen-bond acceptors (Lipinski definition) is 4. The van der Waals surface area contributed by atoms with E-state index in [9.17, 15) is 0 Å². The normalized spacial score (nSPS) is 12.6. The van der Waals surface area contributed by atoms with Crippen molar-refractivity contribution in [2.45, 2.75) is 32.7 Å². The van der Waals surface area contributed by atoms with Crippen LogP contribution in [0.15, 0.2) is 18.5 Å². The summed E-state index contributed by atoms with van der Waals surface area (Å²) in [5, 5.41) is 16.4. The standard InChI is InChI=1S/C14H20ClN5/c1-4-6-16-13(11-5-7-17-18-9-11)8-12-10(2)19-20(3)14(12)15/h5,7,9,13,16H,4,6,8H2,1-3H3. The van der Waals surface area contributed by atoms with E-state index < -0.39 is 0 Å². The number of rotatable bonds is 6. The van der Waals surface area contributed by atoms with E-state index >= 15 is 0 Å². The van der Waals surface area contributed by atoms with Gasteiger partial charge in [-0.2, -0.15) is 15.3 Å². The predicted octanol–water partition coefficient (Wildman–Crippen LogP) is 2.46. The number of aryl methyl sites for hydroxylation is 2. The van der Waals surface area contributed by atoms with E-state index in [0.29, 0.717) is 5.15 Å². The highest BCUT2D eigenvalue weighted by molar-refractivity contribution is 6.30. The molecule has 2 aromatic rings. The molecule has 108 valence electrons. The third-order valence-corrected chi connectivity index (χ3v) is 3.80. The Morgan fingerprint density at radius 2 is 2.20 bits per heavy atom. The first-order valence-electron chi connectivity index (χ1n) is 6.81. The highest BCUT2D eigenvalue weighted by atomic mass is 35.5. The molecule has 5 nitrogen and oxygen atoms in total. The van der Waals surface area contributed by atoms with Gasteiger partial charge < -0.3 is 5.32 Å². The van der Waals surface area contributed by atoms with Gasteiger partial charge in [-0.1, -0.05) is 18.5 Å². The molecule has 2 rings (SSSR count). The summed E-state index contributed by atoms with van der Waals surface area (Å²) in [6.45, 7) is 5.09. The van der Waals surface area contributed by atoms with Crippen LogP contribution in [0, 0.1) is 6.92 Å². The van der Waals surface area contributed by atoms with Gasteiger partial charge in [0.2, 0.25) is 0 Å². The highest BCUT2D eigenvalue weighted by Gasteiger charge is 2.18. The number of nitrogens with one attached hydrogen (secondary N) is 1. The maximum absolute atomic E-state index is 6.32. The molecular weight excluding hydrogens is 274 g/mol. The van der Waals surface area contributed by atoms with Gasteiger partial charge in [-0.15, -0.1) is 0 Å². The summed E-state index contributed by atoms with van der Waals surface area (Å²) in [7, 11) is 1.86. The minimum absolute atomic E-state index is 0.172. The van der Waals surface area contributed by atoms with Crippen LogP contribution in [0.4, 0.5) is 0 Å². The summed E-state index contributed by atoms with van der Waals surface area (Å²) < 4.78 is 1.72. The Kier molecular flexibility index (Phi) is 5.09. The second kappa shape index (κ2) is 6.81. The van der Waals surface area contributed by atoms with Gasteiger partial charge in [-0.05, 0) is 37.9 Å². The van der Waals surface area contributed by atoms with Crippen molar-refractivity contribution < 1.29 is 0 Å².